The minimum atomic E-state index is -0.0778. The lowest BCUT2D eigenvalue weighted by molar-refractivity contribution is 0.660. The molecule has 0 atom stereocenters. The van der Waals surface area contributed by atoms with Crippen molar-refractivity contribution in [2.45, 2.75) is 77.0 Å². The van der Waals surface area contributed by atoms with Gasteiger partial charge >= 0.3 is 0 Å². The van der Waals surface area contributed by atoms with Crippen LogP contribution < -0.4 is 0 Å². The van der Waals surface area contributed by atoms with Gasteiger partial charge in [0.2, 0.25) is 0 Å². The highest BCUT2D eigenvalue weighted by Crippen LogP contribution is 2.59. The summed E-state index contributed by atoms with van der Waals surface area (Å²) in [6.07, 6.45) is 0. The van der Waals surface area contributed by atoms with E-state index in [1.807, 2.05) is 0 Å². The van der Waals surface area contributed by atoms with Gasteiger partial charge in [0.1, 0.15) is 0 Å². The number of benzene rings is 20. The van der Waals surface area contributed by atoms with Gasteiger partial charge in [0, 0.05) is 21.7 Å². The summed E-state index contributed by atoms with van der Waals surface area (Å²) in [5.41, 5.74) is 37.2. The fourth-order valence-electron chi connectivity index (χ4n) is 22.3. The molecule has 0 aromatic heterocycles. The summed E-state index contributed by atoms with van der Waals surface area (Å²) in [5.74, 6) is 0. The maximum absolute atomic E-state index is 2.49. The van der Waals surface area contributed by atoms with Crippen LogP contribution in [0.2, 0.25) is 0 Å². The Balaban J connectivity index is 0.000000137. The van der Waals surface area contributed by atoms with E-state index in [9.17, 15) is 0 Å². The molecule has 24 rings (SSSR count). The summed E-state index contributed by atoms with van der Waals surface area (Å²) in [6.45, 7) is 19.0. The SMILES string of the molecule is CC1(C)c2ccccc2-c2ccc(-c3c4ccccc4c(-c4c5ccccc5c(-c5ccc6c(c5)C(C)(C)c5ccccc5-6)c5ccccc45)c4ccccc34)cc21.CC1(C)c2ccccc2-c2ccc(-c3c4ccccc4c(-c4c5ccccc5c(-c5ccc6c(c5)C(C)(C)c5ccccc5-6)c5ccccc45)c4ccccc34)cc21. The Hall–Kier alpha value is -13.5. The van der Waals surface area contributed by atoms with Crippen LogP contribution in [0.15, 0.2) is 364 Å². The first-order chi connectivity index (χ1) is 56.6. The van der Waals surface area contributed by atoms with Crippen molar-refractivity contribution in [1.82, 2.24) is 0 Å². The predicted octanol–water partition coefficient (Wildman–Crippen LogP) is 31.8. The van der Waals surface area contributed by atoms with Crippen LogP contribution in [0.25, 0.3) is 197 Å². The van der Waals surface area contributed by atoms with Crippen LogP contribution in [0.4, 0.5) is 0 Å². The molecule has 0 radical (unpaired) electrons. The van der Waals surface area contributed by atoms with Crippen molar-refractivity contribution in [3.8, 4) is 111 Å². The summed E-state index contributed by atoms with van der Waals surface area (Å²) in [6, 6.07) is 138. The molecule has 4 aliphatic carbocycles. The van der Waals surface area contributed by atoms with E-state index in [0.29, 0.717) is 0 Å². The van der Waals surface area contributed by atoms with E-state index in [-0.39, 0.29) is 21.7 Å². The Kier molecular flexibility index (Phi) is 14.7. The molecule has 0 aliphatic heterocycles. The largest absolute Gasteiger partial charge is 0.0619 e. The third-order valence-electron chi connectivity index (χ3n) is 27.7. The molecule has 0 heterocycles. The quantitative estimate of drug-likeness (QED) is 0.146. The highest BCUT2D eigenvalue weighted by molar-refractivity contribution is 6.32. The minimum absolute atomic E-state index is 0.0778. The predicted molar refractivity (Wildman–Crippen MR) is 496 cm³/mol. The van der Waals surface area contributed by atoms with Crippen molar-refractivity contribution in [2.24, 2.45) is 0 Å². The fraction of sp³-hybridized carbons (Fsp3) is 0.103. The normalized spacial score (nSPS) is 14.5. The van der Waals surface area contributed by atoms with Crippen molar-refractivity contribution in [3.63, 3.8) is 0 Å². The Morgan fingerprint density at radius 3 is 0.414 bits per heavy atom. The van der Waals surface area contributed by atoms with Gasteiger partial charge in [0.05, 0.1) is 0 Å². The second kappa shape index (κ2) is 25.0. The van der Waals surface area contributed by atoms with Gasteiger partial charge < -0.3 is 0 Å². The molecule has 0 N–H and O–H groups in total. The smallest absolute Gasteiger partial charge is 0.0159 e. The summed E-state index contributed by atoms with van der Waals surface area (Å²) in [5, 5.41) is 20.5. The molecule has 0 spiro atoms. The Labute approximate surface area is 678 Å². The highest BCUT2D eigenvalue weighted by Gasteiger charge is 2.41. The molecular formula is C116H84. The maximum Gasteiger partial charge on any atom is 0.0159 e. The van der Waals surface area contributed by atoms with Crippen LogP contribution in [-0.2, 0) is 21.7 Å². The summed E-state index contributed by atoms with van der Waals surface area (Å²) < 4.78 is 0. The molecule has 0 saturated carbocycles. The number of fused-ring (bicyclic) bond motifs is 20. The summed E-state index contributed by atoms with van der Waals surface area (Å²) >= 11 is 0. The van der Waals surface area contributed by atoms with E-state index in [4.69, 9.17) is 0 Å². The first-order valence-electron chi connectivity index (χ1n) is 41.4. The number of hydrogen-bond donors (Lipinski definition) is 0. The van der Waals surface area contributed by atoms with Gasteiger partial charge in [-0.05, 0) is 266 Å². The van der Waals surface area contributed by atoms with E-state index in [1.165, 1.54) is 242 Å². The molecule has 0 saturated heterocycles. The lowest BCUT2D eigenvalue weighted by Crippen LogP contribution is -2.14. The van der Waals surface area contributed by atoms with Gasteiger partial charge in [-0.15, -0.1) is 0 Å². The standard InChI is InChI=1S/2C58H42/c2*1-57(2)49-27-15-13-17-37(49)39-31-29-35(33-51(39)57)53-41-19-5-9-23-45(41)55(46-24-10-6-20-42(46)53)56-47-25-11-7-21-43(47)54(44-22-8-12-26-48(44)56)36-30-32-40-38-18-14-16-28-50(38)58(3,4)52(40)34-36/h2*5-34H,1-4H3. The molecule has 0 unspecified atom stereocenters. The third kappa shape index (κ3) is 9.56. The second-order valence-corrected chi connectivity index (χ2v) is 35.1. The first kappa shape index (κ1) is 68.1. The molecular weight excluding hydrogens is 1390 g/mol. The monoisotopic (exact) mass is 1480 g/mol. The minimum Gasteiger partial charge on any atom is -0.0619 e. The van der Waals surface area contributed by atoms with E-state index in [1.54, 1.807) is 0 Å². The van der Waals surface area contributed by atoms with Crippen LogP contribution in [-0.4, -0.2) is 0 Å². The summed E-state index contributed by atoms with van der Waals surface area (Å²) in [7, 11) is 0. The molecule has 0 bridgehead atoms. The zero-order valence-electron chi connectivity index (χ0n) is 66.6. The van der Waals surface area contributed by atoms with Crippen molar-refractivity contribution in [2.75, 3.05) is 0 Å². The zero-order chi connectivity index (χ0) is 77.8. The Morgan fingerprint density at radius 1 is 0.121 bits per heavy atom. The lowest BCUT2D eigenvalue weighted by atomic mass is 9.79. The fourth-order valence-corrected chi connectivity index (χ4v) is 22.3. The second-order valence-electron chi connectivity index (χ2n) is 35.1. The van der Waals surface area contributed by atoms with Crippen molar-refractivity contribution < 1.29 is 0 Å². The van der Waals surface area contributed by atoms with Crippen LogP contribution in [0.5, 0.6) is 0 Å². The van der Waals surface area contributed by atoms with Crippen LogP contribution >= 0.6 is 0 Å². The molecule has 0 amide bonds. The number of hydrogen-bond acceptors (Lipinski definition) is 0. The summed E-state index contributed by atoms with van der Waals surface area (Å²) in [4.78, 5) is 0. The molecule has 116 heavy (non-hydrogen) atoms. The van der Waals surface area contributed by atoms with Crippen LogP contribution in [0, 0.1) is 0 Å². The molecule has 0 fully saturated rings. The molecule has 20 aromatic rings. The lowest BCUT2D eigenvalue weighted by Gasteiger charge is -2.24. The van der Waals surface area contributed by atoms with E-state index >= 15 is 0 Å². The molecule has 548 valence electrons. The molecule has 0 heteroatoms. The highest BCUT2D eigenvalue weighted by atomic mass is 14.4. The molecule has 0 nitrogen and oxygen atoms in total. The van der Waals surface area contributed by atoms with Gasteiger partial charge in [-0.1, -0.05) is 395 Å². The van der Waals surface area contributed by atoms with Gasteiger partial charge in [0.25, 0.3) is 0 Å². The Bertz CT molecular complexity index is 6550. The van der Waals surface area contributed by atoms with Crippen LogP contribution in [0.1, 0.15) is 99.9 Å². The van der Waals surface area contributed by atoms with Crippen molar-refractivity contribution in [3.05, 3.63) is 408 Å². The van der Waals surface area contributed by atoms with Gasteiger partial charge in [-0.3, -0.25) is 0 Å². The first-order valence-corrected chi connectivity index (χ1v) is 41.4. The van der Waals surface area contributed by atoms with Crippen molar-refractivity contribution >= 4 is 86.2 Å². The van der Waals surface area contributed by atoms with Gasteiger partial charge in [-0.2, -0.15) is 0 Å². The maximum atomic E-state index is 2.49. The van der Waals surface area contributed by atoms with Gasteiger partial charge in [-0.25, -0.2) is 0 Å². The third-order valence-corrected chi connectivity index (χ3v) is 27.7. The van der Waals surface area contributed by atoms with E-state index in [0.717, 1.165) is 0 Å². The van der Waals surface area contributed by atoms with Gasteiger partial charge in [0.15, 0.2) is 0 Å². The van der Waals surface area contributed by atoms with Crippen LogP contribution in [0.3, 0.4) is 0 Å². The topological polar surface area (TPSA) is 0 Å². The number of rotatable bonds is 6. The van der Waals surface area contributed by atoms with Crippen molar-refractivity contribution in [1.29, 1.82) is 0 Å². The average molecular weight is 1480 g/mol. The van der Waals surface area contributed by atoms with E-state index in [2.05, 4.69) is 419 Å². The molecule has 20 aromatic carbocycles. The van der Waals surface area contributed by atoms with E-state index < -0.39 is 0 Å². The molecule has 4 aliphatic rings. The Morgan fingerprint density at radius 2 is 0.250 bits per heavy atom. The average Bonchev–Trinajstić information content (AvgIpc) is 1.19. The zero-order valence-corrected chi connectivity index (χ0v) is 66.6.